The van der Waals surface area contributed by atoms with E-state index in [9.17, 15) is 0 Å². The third-order valence-corrected chi connectivity index (χ3v) is 5.88. The van der Waals surface area contributed by atoms with E-state index in [4.69, 9.17) is 5.73 Å². The van der Waals surface area contributed by atoms with Gasteiger partial charge in [-0.3, -0.25) is 0 Å². The number of benzene rings is 2. The van der Waals surface area contributed by atoms with Crippen LogP contribution in [0.4, 0.5) is 5.69 Å². The summed E-state index contributed by atoms with van der Waals surface area (Å²) in [5.74, 6) is 1.50. The molecule has 1 aliphatic carbocycles. The first kappa shape index (κ1) is 27.3. The van der Waals surface area contributed by atoms with E-state index in [2.05, 4.69) is 69.3 Å². The van der Waals surface area contributed by atoms with Crippen molar-refractivity contribution in [2.75, 3.05) is 5.32 Å². The second kappa shape index (κ2) is 14.3. The van der Waals surface area contributed by atoms with Gasteiger partial charge in [-0.15, -0.1) is 13.2 Å². The van der Waals surface area contributed by atoms with E-state index in [0.717, 1.165) is 35.3 Å². The van der Waals surface area contributed by atoms with Crippen LogP contribution in [0.2, 0.25) is 0 Å². The van der Waals surface area contributed by atoms with Crippen LogP contribution in [0.1, 0.15) is 62.3 Å². The Morgan fingerprint density at radius 2 is 1.72 bits per heavy atom. The lowest BCUT2D eigenvalue weighted by Gasteiger charge is -2.17. The van der Waals surface area contributed by atoms with Crippen LogP contribution in [0.5, 0.6) is 0 Å². The normalized spacial score (nSPS) is 18.3. The highest BCUT2D eigenvalue weighted by atomic mass is 15.0. The van der Waals surface area contributed by atoms with Gasteiger partial charge in [-0.1, -0.05) is 70.2 Å². The molecule has 3 nitrogen and oxygen atoms in total. The van der Waals surface area contributed by atoms with Crippen LogP contribution >= 0.6 is 0 Å². The lowest BCUT2D eigenvalue weighted by atomic mass is 10.0. The van der Waals surface area contributed by atoms with E-state index in [0.29, 0.717) is 5.82 Å². The fourth-order valence-electron chi connectivity index (χ4n) is 3.94. The number of anilines is 1. The second-order valence-electron chi connectivity index (χ2n) is 8.11. The van der Waals surface area contributed by atoms with Crippen molar-refractivity contribution in [1.29, 1.82) is 0 Å². The molecule has 0 radical (unpaired) electrons. The Hall–Kier alpha value is -2.78. The summed E-state index contributed by atoms with van der Waals surface area (Å²) in [6.45, 7) is 21.7. The Morgan fingerprint density at radius 1 is 1.03 bits per heavy atom. The number of fused-ring (bicyclic) bond motifs is 1. The van der Waals surface area contributed by atoms with Crippen LogP contribution in [0.3, 0.4) is 0 Å². The predicted molar refractivity (Wildman–Crippen MR) is 144 cm³/mol. The third-order valence-electron chi connectivity index (χ3n) is 5.88. The lowest BCUT2D eigenvalue weighted by Crippen LogP contribution is -2.30. The Kier molecular flexibility index (Phi) is 12.2. The van der Waals surface area contributed by atoms with E-state index in [-0.39, 0.29) is 0 Å². The predicted octanol–water partition coefficient (Wildman–Crippen LogP) is 7.34. The fraction of sp³-hybridized carbons (Fsp3) is 0.379. The zero-order valence-corrected chi connectivity index (χ0v) is 20.8. The third kappa shape index (κ3) is 8.05. The molecular weight excluding hydrogens is 390 g/mol. The Balaban J connectivity index is 0.000000285. The van der Waals surface area contributed by atoms with Gasteiger partial charge in [0.1, 0.15) is 5.82 Å². The molecule has 32 heavy (non-hydrogen) atoms. The highest BCUT2D eigenvalue weighted by Gasteiger charge is 2.22. The molecule has 3 heteroatoms. The van der Waals surface area contributed by atoms with Gasteiger partial charge in [0.15, 0.2) is 0 Å². The number of rotatable bonds is 3. The van der Waals surface area contributed by atoms with Gasteiger partial charge < -0.3 is 16.4 Å². The molecule has 1 fully saturated rings. The first-order chi connectivity index (χ1) is 15.4. The number of nitrogens with two attached hydrogens (primary N) is 1. The molecule has 2 aromatic rings. The van der Waals surface area contributed by atoms with Crippen LogP contribution in [0.15, 0.2) is 74.1 Å². The minimum absolute atomic E-state index is 0.652. The zero-order valence-electron chi connectivity index (χ0n) is 20.8. The number of aryl methyl sites for hydroxylation is 2. The monoisotopic (exact) mass is 433 g/mol. The smallest absolute Gasteiger partial charge is 0.101 e. The second-order valence-corrected chi connectivity index (χ2v) is 8.11. The van der Waals surface area contributed by atoms with Gasteiger partial charge in [-0.25, -0.2) is 0 Å². The van der Waals surface area contributed by atoms with Crippen LogP contribution in [-0.4, -0.2) is 6.04 Å². The molecule has 0 spiro atoms. The summed E-state index contributed by atoms with van der Waals surface area (Å²) in [6, 6.07) is 15.5. The molecule has 0 saturated heterocycles. The van der Waals surface area contributed by atoms with Crippen LogP contribution < -0.4 is 16.4 Å². The highest BCUT2D eigenvalue weighted by Crippen LogP contribution is 2.28. The number of nitrogens with one attached hydrogen (secondary N) is 2. The molecule has 2 atom stereocenters. The van der Waals surface area contributed by atoms with Crippen molar-refractivity contribution >= 4 is 11.3 Å². The van der Waals surface area contributed by atoms with Gasteiger partial charge in [0.2, 0.25) is 0 Å². The summed E-state index contributed by atoms with van der Waals surface area (Å²) in [6.07, 6.45) is 5.98. The van der Waals surface area contributed by atoms with Gasteiger partial charge in [0.25, 0.3) is 0 Å². The molecule has 1 saturated carbocycles. The van der Waals surface area contributed by atoms with Crippen LogP contribution in [0, 0.1) is 19.8 Å². The minimum Gasteiger partial charge on any atom is -0.385 e. The Bertz CT molecular complexity index is 882. The first-order valence-electron chi connectivity index (χ1n) is 11.8. The number of hydrogen-bond acceptors (Lipinski definition) is 3. The van der Waals surface area contributed by atoms with Gasteiger partial charge in [0, 0.05) is 23.8 Å². The Labute approximate surface area is 196 Å². The standard InChI is InChI=1S/C15H23N.C10H10N2.C2H6.C2H4/c1-11-7-8-14(9-13(11)3)10-16-15-6-4-5-12(15)2;1-7-6-10(11)12-9-5-3-2-4-8(7)9;2*1-2/h7-9,12,15-16H,4-6,10H2,1-3H3;2-6,12H,1,11H2;1-2H3;1-2H2. The van der Waals surface area contributed by atoms with Gasteiger partial charge in [0.05, 0.1) is 0 Å². The highest BCUT2D eigenvalue weighted by molar-refractivity contribution is 5.85. The lowest BCUT2D eigenvalue weighted by molar-refractivity contribution is 0.426. The molecule has 1 aliphatic heterocycles. The van der Waals surface area contributed by atoms with Gasteiger partial charge >= 0.3 is 0 Å². The molecule has 1 heterocycles. The average molecular weight is 434 g/mol. The maximum atomic E-state index is 5.63. The molecule has 2 unspecified atom stereocenters. The number of para-hydroxylation sites is 1. The van der Waals surface area contributed by atoms with Gasteiger partial charge in [-0.05, 0) is 67.0 Å². The molecule has 0 bridgehead atoms. The summed E-state index contributed by atoms with van der Waals surface area (Å²) in [5.41, 5.74) is 12.9. The Morgan fingerprint density at radius 3 is 2.34 bits per heavy atom. The molecule has 174 valence electrons. The number of allylic oxidation sites excluding steroid dienone is 2. The van der Waals surface area contributed by atoms with Crippen molar-refractivity contribution in [1.82, 2.24) is 5.32 Å². The van der Waals surface area contributed by atoms with Crippen molar-refractivity contribution < 1.29 is 0 Å². The fourth-order valence-corrected chi connectivity index (χ4v) is 3.94. The van der Waals surface area contributed by atoms with Crippen molar-refractivity contribution in [3.8, 4) is 0 Å². The molecule has 2 aromatic carbocycles. The molecule has 2 aliphatic rings. The quantitative estimate of drug-likeness (QED) is 0.444. The summed E-state index contributed by atoms with van der Waals surface area (Å²) < 4.78 is 0. The van der Waals surface area contributed by atoms with E-state index >= 15 is 0 Å². The van der Waals surface area contributed by atoms with Crippen LogP contribution in [0.25, 0.3) is 5.57 Å². The molecule has 0 aromatic heterocycles. The minimum atomic E-state index is 0.652. The molecular formula is C29H43N3. The SMILES string of the molecule is C=C.C=C1C=C(N)Nc2ccccc21.CC.Cc1ccc(CNC2CCCC2C)cc1C. The van der Waals surface area contributed by atoms with Crippen molar-refractivity contribution in [3.05, 3.63) is 96.4 Å². The van der Waals surface area contributed by atoms with Gasteiger partial charge in [-0.2, -0.15) is 0 Å². The molecule has 4 rings (SSSR count). The molecule has 0 amide bonds. The number of hydrogen-bond donors (Lipinski definition) is 3. The summed E-state index contributed by atoms with van der Waals surface area (Å²) in [4.78, 5) is 0. The maximum absolute atomic E-state index is 5.63. The summed E-state index contributed by atoms with van der Waals surface area (Å²) >= 11 is 0. The van der Waals surface area contributed by atoms with E-state index in [1.807, 2.05) is 44.2 Å². The summed E-state index contributed by atoms with van der Waals surface area (Å²) in [7, 11) is 0. The summed E-state index contributed by atoms with van der Waals surface area (Å²) in [5, 5.41) is 6.76. The van der Waals surface area contributed by atoms with E-state index in [1.165, 1.54) is 36.0 Å². The maximum Gasteiger partial charge on any atom is 0.101 e. The van der Waals surface area contributed by atoms with Crippen molar-refractivity contribution in [3.63, 3.8) is 0 Å². The topological polar surface area (TPSA) is 50.1 Å². The van der Waals surface area contributed by atoms with E-state index in [1.54, 1.807) is 0 Å². The van der Waals surface area contributed by atoms with Crippen molar-refractivity contribution in [2.24, 2.45) is 11.7 Å². The molecule has 4 N–H and O–H groups in total. The largest absolute Gasteiger partial charge is 0.385 e. The van der Waals surface area contributed by atoms with E-state index < -0.39 is 0 Å². The first-order valence-corrected chi connectivity index (χ1v) is 11.8. The van der Waals surface area contributed by atoms with Crippen molar-refractivity contribution in [2.45, 2.75) is 66.5 Å². The average Bonchev–Trinajstić information content (AvgIpc) is 3.22. The van der Waals surface area contributed by atoms with Crippen LogP contribution in [-0.2, 0) is 6.54 Å². The zero-order chi connectivity index (χ0) is 24.1.